The average molecular weight is 275 g/mol. The van der Waals surface area contributed by atoms with E-state index in [2.05, 4.69) is 0 Å². The van der Waals surface area contributed by atoms with Gasteiger partial charge in [-0.2, -0.15) is 0 Å². The van der Waals surface area contributed by atoms with Gasteiger partial charge in [0, 0.05) is 16.3 Å². The molecular formula is C15H17NO2S. The zero-order chi connectivity index (χ0) is 13.5. The lowest BCUT2D eigenvalue weighted by Crippen LogP contribution is -2.01. The highest BCUT2D eigenvalue weighted by Gasteiger charge is 2.02. The molecule has 0 saturated carbocycles. The largest absolute Gasteiger partial charge is 0.493 e. The van der Waals surface area contributed by atoms with Crippen LogP contribution in [-0.2, 0) is 0 Å². The number of nitrogen functional groups attached to an aromatic ring is 1. The van der Waals surface area contributed by atoms with E-state index in [1.54, 1.807) is 18.9 Å². The van der Waals surface area contributed by atoms with Crippen LogP contribution in [0.5, 0.6) is 11.5 Å². The van der Waals surface area contributed by atoms with Crippen molar-refractivity contribution in [1.29, 1.82) is 0 Å². The van der Waals surface area contributed by atoms with Crippen molar-refractivity contribution >= 4 is 17.4 Å². The minimum Gasteiger partial charge on any atom is -0.493 e. The SMILES string of the molecule is COc1ccccc1OCCSc1ccc(N)cc1. The van der Waals surface area contributed by atoms with Crippen LogP contribution in [0.25, 0.3) is 0 Å². The quantitative estimate of drug-likeness (QED) is 0.498. The Bertz CT molecular complexity index is 514. The van der Waals surface area contributed by atoms with E-state index >= 15 is 0 Å². The number of rotatable bonds is 6. The first-order valence-corrected chi connectivity index (χ1v) is 7.02. The molecule has 0 radical (unpaired) electrons. The van der Waals surface area contributed by atoms with Crippen LogP contribution in [-0.4, -0.2) is 19.5 Å². The first-order valence-electron chi connectivity index (χ1n) is 6.04. The highest BCUT2D eigenvalue weighted by Crippen LogP contribution is 2.26. The molecule has 0 amide bonds. The summed E-state index contributed by atoms with van der Waals surface area (Å²) in [6.45, 7) is 0.634. The molecule has 2 rings (SSSR count). The summed E-state index contributed by atoms with van der Waals surface area (Å²) in [5.41, 5.74) is 6.43. The van der Waals surface area contributed by atoms with Crippen molar-refractivity contribution in [3.05, 3.63) is 48.5 Å². The number of anilines is 1. The van der Waals surface area contributed by atoms with Gasteiger partial charge in [0.15, 0.2) is 11.5 Å². The maximum atomic E-state index is 5.70. The van der Waals surface area contributed by atoms with Gasteiger partial charge in [0.25, 0.3) is 0 Å². The molecule has 0 aromatic heterocycles. The lowest BCUT2D eigenvalue weighted by Gasteiger charge is -2.10. The van der Waals surface area contributed by atoms with Crippen LogP contribution >= 0.6 is 11.8 Å². The van der Waals surface area contributed by atoms with Crippen molar-refractivity contribution in [3.63, 3.8) is 0 Å². The number of methoxy groups -OCH3 is 1. The highest BCUT2D eigenvalue weighted by atomic mass is 32.2. The number of ether oxygens (including phenoxy) is 2. The summed E-state index contributed by atoms with van der Waals surface area (Å²) in [6, 6.07) is 15.5. The van der Waals surface area contributed by atoms with Gasteiger partial charge in [-0.15, -0.1) is 11.8 Å². The summed E-state index contributed by atoms with van der Waals surface area (Å²) < 4.78 is 10.9. The summed E-state index contributed by atoms with van der Waals surface area (Å²) in [5.74, 6) is 2.42. The smallest absolute Gasteiger partial charge is 0.161 e. The molecule has 19 heavy (non-hydrogen) atoms. The monoisotopic (exact) mass is 275 g/mol. The summed E-state index contributed by atoms with van der Waals surface area (Å²) >= 11 is 1.74. The predicted molar refractivity (Wildman–Crippen MR) is 80.1 cm³/mol. The van der Waals surface area contributed by atoms with Crippen molar-refractivity contribution in [3.8, 4) is 11.5 Å². The van der Waals surface area contributed by atoms with Crippen LogP contribution < -0.4 is 15.2 Å². The maximum absolute atomic E-state index is 5.70. The molecule has 100 valence electrons. The van der Waals surface area contributed by atoms with Gasteiger partial charge in [-0.25, -0.2) is 0 Å². The van der Waals surface area contributed by atoms with E-state index in [1.165, 1.54) is 4.90 Å². The number of hydrogen-bond acceptors (Lipinski definition) is 4. The third-order valence-electron chi connectivity index (χ3n) is 2.56. The lowest BCUT2D eigenvalue weighted by atomic mass is 10.3. The van der Waals surface area contributed by atoms with Crippen LogP contribution in [0.2, 0.25) is 0 Å². The normalized spacial score (nSPS) is 10.2. The predicted octanol–water partition coefficient (Wildman–Crippen LogP) is 3.45. The minimum atomic E-state index is 0.634. The van der Waals surface area contributed by atoms with Gasteiger partial charge in [0.1, 0.15) is 0 Å². The van der Waals surface area contributed by atoms with Crippen molar-refractivity contribution in [1.82, 2.24) is 0 Å². The van der Waals surface area contributed by atoms with Crippen LogP contribution in [0.15, 0.2) is 53.4 Å². The number of thioether (sulfide) groups is 1. The Balaban J connectivity index is 1.79. The molecule has 0 aliphatic heterocycles. The molecule has 0 bridgehead atoms. The van der Waals surface area contributed by atoms with Crippen molar-refractivity contribution < 1.29 is 9.47 Å². The first-order chi connectivity index (χ1) is 9.29. The fourth-order valence-corrected chi connectivity index (χ4v) is 2.34. The zero-order valence-corrected chi connectivity index (χ0v) is 11.7. The summed E-state index contributed by atoms with van der Waals surface area (Å²) in [6.07, 6.45) is 0. The fourth-order valence-electron chi connectivity index (χ4n) is 1.61. The zero-order valence-electron chi connectivity index (χ0n) is 10.8. The average Bonchev–Trinajstić information content (AvgIpc) is 2.46. The van der Waals surface area contributed by atoms with Gasteiger partial charge in [-0.1, -0.05) is 12.1 Å². The van der Waals surface area contributed by atoms with Crippen LogP contribution in [0, 0.1) is 0 Å². The Morgan fingerprint density at radius 3 is 2.37 bits per heavy atom. The van der Waals surface area contributed by atoms with Crippen LogP contribution in [0.1, 0.15) is 0 Å². The molecule has 0 atom stereocenters. The molecular weight excluding hydrogens is 258 g/mol. The van der Waals surface area contributed by atoms with Crippen molar-refractivity contribution in [2.24, 2.45) is 0 Å². The standard InChI is InChI=1S/C15H17NO2S/c1-17-14-4-2-3-5-15(14)18-10-11-19-13-8-6-12(16)7-9-13/h2-9H,10-11,16H2,1H3. The molecule has 3 nitrogen and oxygen atoms in total. The minimum absolute atomic E-state index is 0.634. The van der Waals surface area contributed by atoms with Gasteiger partial charge >= 0.3 is 0 Å². The summed E-state index contributed by atoms with van der Waals surface area (Å²) in [7, 11) is 1.64. The molecule has 0 aliphatic rings. The Morgan fingerprint density at radius 1 is 1.00 bits per heavy atom. The van der Waals surface area contributed by atoms with E-state index in [9.17, 15) is 0 Å². The summed E-state index contributed by atoms with van der Waals surface area (Å²) in [5, 5.41) is 0. The van der Waals surface area contributed by atoms with Crippen LogP contribution in [0.4, 0.5) is 5.69 Å². The fraction of sp³-hybridized carbons (Fsp3) is 0.200. The second kappa shape index (κ2) is 6.95. The molecule has 0 heterocycles. The number of nitrogens with two attached hydrogens (primary N) is 1. The number of benzene rings is 2. The number of para-hydroxylation sites is 2. The van der Waals surface area contributed by atoms with Crippen molar-refractivity contribution in [2.75, 3.05) is 25.2 Å². The Hall–Kier alpha value is -1.81. The third kappa shape index (κ3) is 4.10. The van der Waals surface area contributed by atoms with E-state index in [4.69, 9.17) is 15.2 Å². The van der Waals surface area contributed by atoms with Crippen LogP contribution in [0.3, 0.4) is 0 Å². The van der Waals surface area contributed by atoms with E-state index < -0.39 is 0 Å². The first kappa shape index (κ1) is 13.6. The Morgan fingerprint density at radius 2 is 1.68 bits per heavy atom. The van der Waals surface area contributed by atoms with Gasteiger partial charge < -0.3 is 15.2 Å². The maximum Gasteiger partial charge on any atom is 0.161 e. The lowest BCUT2D eigenvalue weighted by molar-refractivity contribution is 0.313. The van der Waals surface area contributed by atoms with Gasteiger partial charge in [-0.05, 0) is 36.4 Å². The van der Waals surface area contributed by atoms with E-state index in [-0.39, 0.29) is 0 Å². The number of hydrogen-bond donors (Lipinski definition) is 1. The van der Waals surface area contributed by atoms with E-state index in [0.29, 0.717) is 6.61 Å². The molecule has 2 aromatic carbocycles. The second-order valence-electron chi connectivity index (χ2n) is 3.92. The molecule has 4 heteroatoms. The van der Waals surface area contributed by atoms with Gasteiger partial charge in [0.05, 0.1) is 13.7 Å². The Kier molecular flexibility index (Phi) is 4.98. The topological polar surface area (TPSA) is 44.5 Å². The van der Waals surface area contributed by atoms with Crippen molar-refractivity contribution in [2.45, 2.75) is 4.90 Å². The summed E-state index contributed by atoms with van der Waals surface area (Å²) in [4.78, 5) is 1.19. The third-order valence-corrected chi connectivity index (χ3v) is 3.54. The molecule has 0 aliphatic carbocycles. The van der Waals surface area contributed by atoms with E-state index in [0.717, 1.165) is 22.9 Å². The van der Waals surface area contributed by atoms with E-state index in [1.807, 2.05) is 48.5 Å². The second-order valence-corrected chi connectivity index (χ2v) is 5.09. The highest BCUT2D eigenvalue weighted by molar-refractivity contribution is 7.99. The molecule has 2 N–H and O–H groups in total. The van der Waals surface area contributed by atoms with Gasteiger partial charge in [-0.3, -0.25) is 0 Å². The molecule has 0 saturated heterocycles. The molecule has 0 fully saturated rings. The molecule has 2 aromatic rings. The molecule has 0 spiro atoms. The van der Waals surface area contributed by atoms with Gasteiger partial charge in [0.2, 0.25) is 0 Å². The Labute approximate surface area is 117 Å². The molecule has 0 unspecified atom stereocenters.